The van der Waals surface area contributed by atoms with Gasteiger partial charge in [0.05, 0.1) is 11.9 Å². The summed E-state index contributed by atoms with van der Waals surface area (Å²) in [6.07, 6.45) is -0.992. The van der Waals surface area contributed by atoms with Crippen LogP contribution < -0.4 is 10.5 Å². The average Bonchev–Trinajstić information content (AvgIpc) is 3.25. The average molecular weight is 439 g/mol. The maximum Gasteiger partial charge on any atom is 0.410 e. The van der Waals surface area contributed by atoms with Crippen LogP contribution in [0.1, 0.15) is 20.8 Å². The monoisotopic (exact) mass is 438 g/mol. The summed E-state index contributed by atoms with van der Waals surface area (Å²) in [5, 5.41) is 0.0864. The molecule has 1 fully saturated rings. The number of ether oxygens (including phenoxy) is 2. The van der Waals surface area contributed by atoms with Crippen molar-refractivity contribution < 1.29 is 27.1 Å². The first-order valence-corrected chi connectivity index (χ1v) is 10.7. The summed E-state index contributed by atoms with van der Waals surface area (Å²) in [6, 6.07) is 6.78. The SMILES string of the molecule is CN=C(N)N(C)S(=O)(=O)c1oc2ccccc2c1OC[C@@H]1CN(C(C)(C)C)C(=O)O1. The smallest absolute Gasteiger partial charge is 0.410 e. The normalized spacial score (nSPS) is 18.0. The molecule has 2 heterocycles. The molecule has 2 aromatic rings. The van der Waals surface area contributed by atoms with Crippen molar-refractivity contribution in [1.82, 2.24) is 9.21 Å². The second kappa shape index (κ2) is 7.71. The van der Waals surface area contributed by atoms with Crippen molar-refractivity contribution in [2.24, 2.45) is 10.7 Å². The highest BCUT2D eigenvalue weighted by atomic mass is 32.2. The molecule has 1 aliphatic heterocycles. The number of carbonyl (C=O) groups is 1. The minimum absolute atomic E-state index is 0.0339. The van der Waals surface area contributed by atoms with Crippen molar-refractivity contribution in [1.29, 1.82) is 0 Å². The van der Waals surface area contributed by atoms with E-state index in [-0.39, 0.29) is 18.3 Å². The predicted octanol–water partition coefficient (Wildman–Crippen LogP) is 2.00. The van der Waals surface area contributed by atoms with Crippen molar-refractivity contribution in [3.05, 3.63) is 24.3 Å². The zero-order chi connectivity index (χ0) is 22.3. The van der Waals surface area contributed by atoms with Crippen LogP contribution in [0.5, 0.6) is 5.75 Å². The number of guanidine groups is 1. The lowest BCUT2D eigenvalue weighted by Gasteiger charge is -2.29. The van der Waals surface area contributed by atoms with Crippen LogP contribution in [-0.2, 0) is 14.8 Å². The van der Waals surface area contributed by atoms with Crippen LogP contribution in [0.15, 0.2) is 38.8 Å². The summed E-state index contributed by atoms with van der Waals surface area (Å²) >= 11 is 0. The second-order valence-corrected chi connectivity index (χ2v) is 9.74. The summed E-state index contributed by atoms with van der Waals surface area (Å²) in [7, 11) is -1.51. The van der Waals surface area contributed by atoms with E-state index in [0.29, 0.717) is 17.5 Å². The highest BCUT2D eigenvalue weighted by Gasteiger charge is 2.39. The van der Waals surface area contributed by atoms with E-state index in [2.05, 4.69) is 4.99 Å². The Kier molecular flexibility index (Phi) is 5.59. The van der Waals surface area contributed by atoms with E-state index < -0.39 is 32.9 Å². The van der Waals surface area contributed by atoms with Gasteiger partial charge < -0.3 is 19.6 Å². The molecule has 164 valence electrons. The van der Waals surface area contributed by atoms with Gasteiger partial charge in [-0.1, -0.05) is 12.1 Å². The summed E-state index contributed by atoms with van der Waals surface area (Å²) in [4.78, 5) is 17.4. The molecule has 0 unspecified atom stereocenters. The van der Waals surface area contributed by atoms with Gasteiger partial charge in [0.15, 0.2) is 11.9 Å². The molecule has 1 aromatic carbocycles. The number of nitrogens with two attached hydrogens (primary N) is 1. The Labute approximate surface area is 175 Å². The first kappa shape index (κ1) is 21.8. The Morgan fingerprint density at radius 1 is 1.37 bits per heavy atom. The number of nitrogens with zero attached hydrogens (tertiary/aromatic N) is 3. The van der Waals surface area contributed by atoms with Crippen molar-refractivity contribution in [2.75, 3.05) is 27.2 Å². The van der Waals surface area contributed by atoms with Gasteiger partial charge in [0.2, 0.25) is 5.96 Å². The molecule has 10 nitrogen and oxygen atoms in total. The van der Waals surface area contributed by atoms with Gasteiger partial charge in [-0.25, -0.2) is 9.10 Å². The Bertz CT molecular complexity index is 1090. The zero-order valence-corrected chi connectivity index (χ0v) is 18.4. The number of para-hydroxylation sites is 1. The number of hydrogen-bond acceptors (Lipinski definition) is 7. The Morgan fingerprint density at radius 3 is 2.63 bits per heavy atom. The van der Waals surface area contributed by atoms with Gasteiger partial charge in [-0.3, -0.25) is 9.89 Å². The molecule has 0 spiro atoms. The molecule has 1 amide bonds. The molecule has 3 rings (SSSR count). The van der Waals surface area contributed by atoms with Crippen molar-refractivity contribution in [2.45, 2.75) is 37.5 Å². The fourth-order valence-corrected chi connectivity index (χ4v) is 4.20. The van der Waals surface area contributed by atoms with Gasteiger partial charge in [-0.05, 0) is 32.9 Å². The zero-order valence-electron chi connectivity index (χ0n) is 17.6. The summed E-state index contributed by atoms with van der Waals surface area (Å²) in [5.41, 5.74) is 5.62. The van der Waals surface area contributed by atoms with E-state index in [0.717, 1.165) is 4.31 Å². The van der Waals surface area contributed by atoms with E-state index in [1.54, 1.807) is 29.2 Å². The molecular formula is C19H26N4O6S. The Morgan fingerprint density at radius 2 is 2.03 bits per heavy atom. The van der Waals surface area contributed by atoms with Gasteiger partial charge in [-0.2, -0.15) is 8.42 Å². The van der Waals surface area contributed by atoms with Gasteiger partial charge in [0, 0.05) is 19.6 Å². The summed E-state index contributed by atoms with van der Waals surface area (Å²) in [5.74, 6) is -0.168. The third-order valence-corrected chi connectivity index (χ3v) is 6.41. The van der Waals surface area contributed by atoms with Crippen LogP contribution in [0.3, 0.4) is 0 Å². The number of benzene rings is 1. The Balaban J connectivity index is 1.93. The first-order chi connectivity index (χ1) is 14.0. The molecule has 0 saturated carbocycles. The number of furan rings is 1. The number of carbonyl (C=O) groups excluding carboxylic acids is 1. The lowest BCUT2D eigenvalue weighted by Crippen LogP contribution is -2.42. The maximum atomic E-state index is 13.1. The second-order valence-electron chi connectivity index (χ2n) is 7.87. The third-order valence-electron chi connectivity index (χ3n) is 4.76. The molecule has 1 saturated heterocycles. The minimum atomic E-state index is -4.17. The number of cyclic esters (lactones) is 1. The first-order valence-electron chi connectivity index (χ1n) is 9.30. The largest absolute Gasteiger partial charge is 0.484 e. The third kappa shape index (κ3) is 3.89. The number of sulfonamides is 1. The van der Waals surface area contributed by atoms with Gasteiger partial charge in [-0.15, -0.1) is 0 Å². The lowest BCUT2D eigenvalue weighted by atomic mass is 10.1. The lowest BCUT2D eigenvalue weighted by molar-refractivity contribution is 0.0982. The Hall–Kier alpha value is -2.95. The van der Waals surface area contributed by atoms with Gasteiger partial charge in [0.25, 0.3) is 5.09 Å². The molecule has 30 heavy (non-hydrogen) atoms. The predicted molar refractivity (Wildman–Crippen MR) is 111 cm³/mol. The van der Waals surface area contributed by atoms with Crippen molar-refractivity contribution >= 4 is 33.0 Å². The molecule has 1 aromatic heterocycles. The molecule has 1 atom stereocenters. The number of aliphatic imine (C=N–C) groups is 1. The van der Waals surface area contributed by atoms with Crippen LogP contribution >= 0.6 is 0 Å². The molecule has 0 radical (unpaired) electrons. The van der Waals surface area contributed by atoms with Gasteiger partial charge in [0.1, 0.15) is 12.2 Å². The fourth-order valence-electron chi connectivity index (χ4n) is 3.03. The van der Waals surface area contributed by atoms with Gasteiger partial charge >= 0.3 is 16.1 Å². The molecular weight excluding hydrogens is 412 g/mol. The van der Waals surface area contributed by atoms with E-state index in [9.17, 15) is 13.2 Å². The number of hydrogen-bond donors (Lipinski definition) is 1. The van der Waals surface area contributed by atoms with Crippen LogP contribution in [0.2, 0.25) is 0 Å². The molecule has 1 aliphatic rings. The molecule has 2 N–H and O–H groups in total. The van der Waals surface area contributed by atoms with E-state index >= 15 is 0 Å². The van der Waals surface area contributed by atoms with Crippen LogP contribution in [0.4, 0.5) is 4.79 Å². The van der Waals surface area contributed by atoms with Crippen molar-refractivity contribution in [3.63, 3.8) is 0 Å². The van der Waals surface area contributed by atoms with E-state index in [1.165, 1.54) is 14.1 Å². The van der Waals surface area contributed by atoms with Crippen molar-refractivity contribution in [3.8, 4) is 5.75 Å². The maximum absolute atomic E-state index is 13.1. The molecule has 11 heteroatoms. The minimum Gasteiger partial charge on any atom is -0.484 e. The van der Waals surface area contributed by atoms with Crippen LogP contribution in [0, 0.1) is 0 Å². The standard InChI is InChI=1S/C19H26N4O6S/c1-19(2,3)23-10-12(28-18(23)24)11-27-15-13-8-6-7-9-14(13)29-16(15)30(25,26)22(5)17(20)21-4/h6-9,12H,10-11H2,1-5H3,(H2,20,21)/t12-/m0/s1. The highest BCUT2D eigenvalue weighted by molar-refractivity contribution is 7.89. The summed E-state index contributed by atoms with van der Waals surface area (Å²) < 4.78 is 43.7. The van der Waals surface area contributed by atoms with Crippen LogP contribution in [-0.4, -0.2) is 68.6 Å². The highest BCUT2D eigenvalue weighted by Crippen LogP contribution is 2.38. The number of rotatable bonds is 5. The number of fused-ring (bicyclic) bond motifs is 1. The molecule has 0 bridgehead atoms. The topological polar surface area (TPSA) is 128 Å². The van der Waals surface area contributed by atoms with E-state index in [4.69, 9.17) is 19.6 Å². The fraction of sp³-hybridized carbons (Fsp3) is 0.474. The van der Waals surface area contributed by atoms with Crippen LogP contribution in [0.25, 0.3) is 11.0 Å². The quantitative estimate of drug-likeness (QED) is 0.558. The number of amides is 1. The van der Waals surface area contributed by atoms with E-state index in [1.807, 2.05) is 20.8 Å². The summed E-state index contributed by atoms with van der Waals surface area (Å²) in [6.45, 7) is 6.00. The molecule has 0 aliphatic carbocycles.